The molecule has 0 saturated carbocycles. The second-order valence-corrected chi connectivity index (χ2v) is 6.85. The van der Waals surface area contributed by atoms with Crippen molar-refractivity contribution in [1.82, 2.24) is 14.9 Å². The molecular formula is C18H17N3O2S. The number of hydrogen-bond donors (Lipinski definition) is 0. The summed E-state index contributed by atoms with van der Waals surface area (Å²) >= 11 is 1.71. The lowest BCUT2D eigenvalue weighted by molar-refractivity contribution is 0.174. The zero-order chi connectivity index (χ0) is 16.4. The minimum Gasteiger partial charge on any atom is -0.454 e. The molecule has 24 heavy (non-hydrogen) atoms. The van der Waals surface area contributed by atoms with Gasteiger partial charge in [-0.05, 0) is 36.9 Å². The van der Waals surface area contributed by atoms with Crippen LogP contribution in [0.4, 0.5) is 0 Å². The van der Waals surface area contributed by atoms with Crippen molar-refractivity contribution in [2.45, 2.75) is 13.1 Å². The SMILES string of the molecule is CN(Cc1ccc2c(c1)OCO2)Cc1cnc(-c2cccnc2)s1. The molecule has 0 aliphatic carbocycles. The summed E-state index contributed by atoms with van der Waals surface area (Å²) in [5.74, 6) is 1.66. The van der Waals surface area contributed by atoms with Gasteiger partial charge in [0.25, 0.3) is 0 Å². The maximum absolute atomic E-state index is 5.44. The molecule has 0 radical (unpaired) electrons. The van der Waals surface area contributed by atoms with E-state index in [1.54, 1.807) is 17.5 Å². The quantitative estimate of drug-likeness (QED) is 0.711. The average Bonchev–Trinajstić information content (AvgIpc) is 3.24. The Balaban J connectivity index is 1.41. The van der Waals surface area contributed by atoms with Crippen molar-refractivity contribution in [3.63, 3.8) is 0 Å². The standard InChI is InChI=1S/C18H17N3O2S/c1-21(10-13-4-5-16-17(7-13)23-12-22-16)11-15-9-20-18(24-15)14-3-2-6-19-8-14/h2-9H,10-12H2,1H3. The van der Waals surface area contributed by atoms with Gasteiger partial charge in [-0.2, -0.15) is 0 Å². The van der Waals surface area contributed by atoms with Crippen molar-refractivity contribution >= 4 is 11.3 Å². The highest BCUT2D eigenvalue weighted by molar-refractivity contribution is 7.15. The van der Waals surface area contributed by atoms with E-state index >= 15 is 0 Å². The largest absolute Gasteiger partial charge is 0.454 e. The number of benzene rings is 1. The highest BCUT2D eigenvalue weighted by Gasteiger charge is 2.14. The van der Waals surface area contributed by atoms with Gasteiger partial charge in [0.05, 0.1) is 0 Å². The molecule has 5 nitrogen and oxygen atoms in total. The first-order chi connectivity index (χ1) is 11.8. The van der Waals surface area contributed by atoms with Gasteiger partial charge < -0.3 is 9.47 Å². The first-order valence-electron chi connectivity index (χ1n) is 7.70. The Hall–Kier alpha value is -2.44. The number of fused-ring (bicyclic) bond motifs is 1. The summed E-state index contributed by atoms with van der Waals surface area (Å²) in [5.41, 5.74) is 2.27. The van der Waals surface area contributed by atoms with Crippen LogP contribution in [0, 0.1) is 0 Å². The van der Waals surface area contributed by atoms with Crippen LogP contribution in [0.25, 0.3) is 10.6 Å². The van der Waals surface area contributed by atoms with Crippen molar-refractivity contribution in [3.05, 3.63) is 59.4 Å². The topological polar surface area (TPSA) is 47.5 Å². The highest BCUT2D eigenvalue weighted by Crippen LogP contribution is 2.33. The molecule has 0 bridgehead atoms. The van der Waals surface area contributed by atoms with Crippen LogP contribution in [0.5, 0.6) is 11.5 Å². The van der Waals surface area contributed by atoms with Crippen LogP contribution in [0.1, 0.15) is 10.4 Å². The normalized spacial score (nSPS) is 12.8. The Morgan fingerprint density at radius 2 is 2.04 bits per heavy atom. The van der Waals surface area contributed by atoms with Crippen molar-refractivity contribution < 1.29 is 9.47 Å². The lowest BCUT2D eigenvalue weighted by Gasteiger charge is -2.15. The first-order valence-corrected chi connectivity index (χ1v) is 8.52. The number of pyridine rings is 1. The Labute approximate surface area is 144 Å². The fourth-order valence-electron chi connectivity index (χ4n) is 2.68. The molecule has 6 heteroatoms. The van der Waals surface area contributed by atoms with Crippen LogP contribution in [-0.4, -0.2) is 28.7 Å². The van der Waals surface area contributed by atoms with Gasteiger partial charge in [-0.25, -0.2) is 4.98 Å². The van der Waals surface area contributed by atoms with Crippen LogP contribution < -0.4 is 9.47 Å². The van der Waals surface area contributed by atoms with Crippen LogP contribution in [0.2, 0.25) is 0 Å². The van der Waals surface area contributed by atoms with E-state index in [1.165, 1.54) is 10.4 Å². The molecule has 3 heterocycles. The van der Waals surface area contributed by atoms with Gasteiger partial charge in [0.15, 0.2) is 11.5 Å². The zero-order valence-corrected chi connectivity index (χ0v) is 14.1. The Kier molecular flexibility index (Phi) is 4.15. The number of nitrogens with zero attached hydrogens (tertiary/aromatic N) is 3. The minimum absolute atomic E-state index is 0.312. The summed E-state index contributed by atoms with van der Waals surface area (Å²) < 4.78 is 10.8. The summed E-state index contributed by atoms with van der Waals surface area (Å²) in [7, 11) is 2.11. The third kappa shape index (κ3) is 3.25. The molecule has 1 aliphatic heterocycles. The van der Waals surface area contributed by atoms with Crippen molar-refractivity contribution in [1.29, 1.82) is 0 Å². The van der Waals surface area contributed by atoms with E-state index < -0.39 is 0 Å². The molecule has 122 valence electrons. The average molecular weight is 339 g/mol. The number of thiazole rings is 1. The molecule has 0 amide bonds. The van der Waals surface area contributed by atoms with Crippen LogP contribution in [0.15, 0.2) is 48.9 Å². The third-order valence-electron chi connectivity index (χ3n) is 3.78. The van der Waals surface area contributed by atoms with Gasteiger partial charge in [-0.15, -0.1) is 11.3 Å². The van der Waals surface area contributed by atoms with E-state index in [0.29, 0.717) is 6.79 Å². The maximum atomic E-state index is 5.44. The van der Waals surface area contributed by atoms with Gasteiger partial charge in [-0.1, -0.05) is 6.07 Å². The molecule has 2 aromatic heterocycles. The third-order valence-corrected chi connectivity index (χ3v) is 4.81. The number of aromatic nitrogens is 2. The van der Waals surface area contributed by atoms with Gasteiger partial charge in [-0.3, -0.25) is 9.88 Å². The predicted molar refractivity (Wildman–Crippen MR) is 93.1 cm³/mol. The summed E-state index contributed by atoms with van der Waals surface area (Å²) in [6.45, 7) is 2.01. The minimum atomic E-state index is 0.312. The monoisotopic (exact) mass is 339 g/mol. The van der Waals surface area contributed by atoms with E-state index in [4.69, 9.17) is 9.47 Å². The predicted octanol–water partition coefficient (Wildman–Crippen LogP) is 3.57. The molecular weight excluding hydrogens is 322 g/mol. The number of hydrogen-bond acceptors (Lipinski definition) is 6. The molecule has 1 aliphatic rings. The van der Waals surface area contributed by atoms with E-state index in [9.17, 15) is 0 Å². The summed E-state index contributed by atoms with van der Waals surface area (Å²) in [5, 5.41) is 1.01. The zero-order valence-electron chi connectivity index (χ0n) is 13.3. The molecule has 4 rings (SSSR count). The van der Waals surface area contributed by atoms with Crippen molar-refractivity contribution in [3.8, 4) is 22.1 Å². The fourth-order valence-corrected chi connectivity index (χ4v) is 3.66. The number of rotatable bonds is 5. The lowest BCUT2D eigenvalue weighted by Crippen LogP contribution is -2.16. The van der Waals surface area contributed by atoms with Crippen molar-refractivity contribution in [2.24, 2.45) is 0 Å². The molecule has 3 aromatic rings. The molecule has 0 atom stereocenters. The fraction of sp³-hybridized carbons (Fsp3) is 0.222. The summed E-state index contributed by atoms with van der Waals surface area (Å²) in [6, 6.07) is 10.1. The van der Waals surface area contributed by atoms with Gasteiger partial charge >= 0.3 is 0 Å². The highest BCUT2D eigenvalue weighted by atomic mass is 32.1. The second-order valence-electron chi connectivity index (χ2n) is 5.73. The molecule has 1 aromatic carbocycles. The van der Waals surface area contributed by atoms with E-state index in [1.807, 2.05) is 36.7 Å². The van der Waals surface area contributed by atoms with E-state index in [-0.39, 0.29) is 0 Å². The van der Waals surface area contributed by atoms with E-state index in [2.05, 4.69) is 28.0 Å². The number of ether oxygens (including phenoxy) is 2. The van der Waals surface area contributed by atoms with Crippen LogP contribution in [-0.2, 0) is 13.1 Å². The Bertz CT molecular complexity index is 835. The summed E-state index contributed by atoms with van der Waals surface area (Å²) in [6.07, 6.45) is 5.57. The molecule has 0 fully saturated rings. The Morgan fingerprint density at radius 1 is 1.12 bits per heavy atom. The van der Waals surface area contributed by atoms with Crippen LogP contribution in [0.3, 0.4) is 0 Å². The van der Waals surface area contributed by atoms with Crippen molar-refractivity contribution in [2.75, 3.05) is 13.8 Å². The molecule has 0 N–H and O–H groups in total. The molecule has 0 saturated heterocycles. The second kappa shape index (κ2) is 6.59. The lowest BCUT2D eigenvalue weighted by atomic mass is 10.2. The van der Waals surface area contributed by atoms with Gasteiger partial charge in [0, 0.05) is 42.1 Å². The first kappa shape index (κ1) is 15.1. The van der Waals surface area contributed by atoms with Gasteiger partial charge in [0.2, 0.25) is 6.79 Å². The van der Waals surface area contributed by atoms with Gasteiger partial charge in [0.1, 0.15) is 5.01 Å². The Morgan fingerprint density at radius 3 is 2.92 bits per heavy atom. The maximum Gasteiger partial charge on any atom is 0.231 e. The molecule has 0 spiro atoms. The van der Waals surface area contributed by atoms with Crippen LogP contribution >= 0.6 is 11.3 Å². The molecule has 0 unspecified atom stereocenters. The smallest absolute Gasteiger partial charge is 0.231 e. The summed E-state index contributed by atoms with van der Waals surface area (Å²) in [4.78, 5) is 12.2. The van der Waals surface area contributed by atoms with E-state index in [0.717, 1.165) is 35.2 Å².